The number of hydrogen-bond acceptors (Lipinski definition) is 4. The number of carbonyl (C=O) groups is 2. The topological polar surface area (TPSA) is 63.6 Å². The fourth-order valence-corrected chi connectivity index (χ4v) is 1.21. The van der Waals surface area contributed by atoms with Gasteiger partial charge in [0.2, 0.25) is 5.76 Å². The summed E-state index contributed by atoms with van der Waals surface area (Å²) in [4.78, 5) is 22.6. The minimum absolute atomic E-state index is 0. The Morgan fingerprint density at radius 1 is 1.33 bits per heavy atom. The molecule has 4 nitrogen and oxygen atoms in total. The molecule has 0 saturated carbocycles. The van der Waals surface area contributed by atoms with Gasteiger partial charge in [-0.3, -0.25) is 4.79 Å². The second-order valence-corrected chi connectivity index (χ2v) is 3.56. The number of ether oxygens (including phenoxy) is 1. The van der Waals surface area contributed by atoms with Gasteiger partial charge in [-0.15, -0.1) is 0 Å². The van der Waals surface area contributed by atoms with Gasteiger partial charge < -0.3 is 9.84 Å². The maximum atomic E-state index is 11.6. The molecule has 18 heavy (non-hydrogen) atoms. The molecule has 0 atom stereocenters. The van der Waals surface area contributed by atoms with Crippen LogP contribution in [0.4, 0.5) is 0 Å². The molecule has 0 saturated heterocycles. The van der Waals surface area contributed by atoms with Crippen LogP contribution in [0.25, 0.3) is 0 Å². The summed E-state index contributed by atoms with van der Waals surface area (Å²) in [5, 5.41) is 9.77. The number of esters is 1. The number of benzene rings is 1. The number of aliphatic hydroxyl groups excluding tert-OH is 1. The van der Waals surface area contributed by atoms with Crippen LogP contribution in [0.15, 0.2) is 36.1 Å². The van der Waals surface area contributed by atoms with Crippen molar-refractivity contribution in [2.75, 3.05) is 6.61 Å². The van der Waals surface area contributed by atoms with Gasteiger partial charge in [0, 0.05) is 16.7 Å². The Morgan fingerprint density at radius 2 is 1.89 bits per heavy atom. The Bertz CT molecular complexity index is 454. The van der Waals surface area contributed by atoms with E-state index in [0.717, 1.165) is 6.08 Å². The van der Waals surface area contributed by atoms with E-state index >= 15 is 0 Å². The van der Waals surface area contributed by atoms with Gasteiger partial charge in [0.25, 0.3) is 0 Å². The molecule has 0 aliphatic heterocycles. The van der Waals surface area contributed by atoms with Gasteiger partial charge in [-0.05, 0) is 31.2 Å². The Balaban J connectivity index is 0.00000289. The molecule has 0 spiro atoms. The summed E-state index contributed by atoms with van der Waals surface area (Å²) in [6.07, 6.45) is 0.821. The number of aliphatic hydroxyl groups is 1. The van der Waals surface area contributed by atoms with Crippen molar-refractivity contribution >= 4 is 42.2 Å². The quantitative estimate of drug-likeness (QED) is 0.296. The summed E-state index contributed by atoms with van der Waals surface area (Å²) in [5.74, 6) is -2.13. The van der Waals surface area contributed by atoms with Crippen molar-refractivity contribution in [2.24, 2.45) is 0 Å². The molecular formula is C12H12ClLiO4. The zero-order valence-electron chi connectivity index (χ0n) is 9.14. The van der Waals surface area contributed by atoms with Crippen LogP contribution >= 0.6 is 11.6 Å². The van der Waals surface area contributed by atoms with Gasteiger partial charge in [-0.1, -0.05) is 11.6 Å². The van der Waals surface area contributed by atoms with Gasteiger partial charge in [-0.2, -0.15) is 0 Å². The zero-order valence-corrected chi connectivity index (χ0v) is 9.90. The molecule has 0 aromatic heterocycles. The molecule has 0 radical (unpaired) electrons. The van der Waals surface area contributed by atoms with Gasteiger partial charge in [-0.25, -0.2) is 4.79 Å². The SMILES string of the molecule is CCOC(=O)C(O)=CC(=O)c1ccc(Cl)cc1.[LiH]. The number of ketones is 1. The first kappa shape index (κ1) is 16.8. The predicted octanol–water partition coefficient (Wildman–Crippen LogP) is 1.88. The summed E-state index contributed by atoms with van der Waals surface area (Å²) in [7, 11) is 0. The molecule has 1 rings (SSSR count). The molecule has 0 heterocycles. The number of allylic oxidation sites excluding steroid dienone is 1. The number of carbonyl (C=O) groups excluding carboxylic acids is 2. The van der Waals surface area contributed by atoms with Crippen molar-refractivity contribution < 1.29 is 19.4 Å². The van der Waals surface area contributed by atoms with Crippen LogP contribution < -0.4 is 0 Å². The summed E-state index contributed by atoms with van der Waals surface area (Å²) in [6, 6.07) is 6.09. The van der Waals surface area contributed by atoms with E-state index in [9.17, 15) is 14.7 Å². The second-order valence-electron chi connectivity index (χ2n) is 3.12. The molecule has 92 valence electrons. The van der Waals surface area contributed by atoms with Crippen LogP contribution in [0.2, 0.25) is 5.02 Å². The minimum atomic E-state index is -0.921. The summed E-state index contributed by atoms with van der Waals surface area (Å²) >= 11 is 5.66. The maximum absolute atomic E-state index is 11.6. The van der Waals surface area contributed by atoms with E-state index in [-0.39, 0.29) is 25.5 Å². The van der Waals surface area contributed by atoms with Gasteiger partial charge >= 0.3 is 24.8 Å². The van der Waals surface area contributed by atoms with E-state index in [0.29, 0.717) is 10.6 Å². The monoisotopic (exact) mass is 262 g/mol. The summed E-state index contributed by atoms with van der Waals surface area (Å²) < 4.78 is 4.53. The van der Waals surface area contributed by atoms with Gasteiger partial charge in [0.05, 0.1) is 6.61 Å². The molecule has 0 bridgehead atoms. The summed E-state index contributed by atoms with van der Waals surface area (Å²) in [5.41, 5.74) is 0.324. The zero-order chi connectivity index (χ0) is 12.8. The first-order valence-corrected chi connectivity index (χ1v) is 5.30. The molecule has 0 fully saturated rings. The van der Waals surface area contributed by atoms with Crippen LogP contribution in [0.1, 0.15) is 17.3 Å². The van der Waals surface area contributed by atoms with E-state index in [1.165, 1.54) is 12.1 Å². The van der Waals surface area contributed by atoms with Crippen LogP contribution in [0, 0.1) is 0 Å². The van der Waals surface area contributed by atoms with Crippen molar-refractivity contribution in [1.82, 2.24) is 0 Å². The molecule has 1 N–H and O–H groups in total. The van der Waals surface area contributed by atoms with Gasteiger partial charge in [0.1, 0.15) is 0 Å². The molecule has 0 unspecified atom stereocenters. The third kappa shape index (κ3) is 4.97. The van der Waals surface area contributed by atoms with Crippen molar-refractivity contribution in [2.45, 2.75) is 6.92 Å². The van der Waals surface area contributed by atoms with Crippen molar-refractivity contribution in [3.63, 3.8) is 0 Å². The molecule has 1 aromatic rings. The summed E-state index contributed by atoms with van der Waals surface area (Å²) in [6.45, 7) is 1.73. The molecule has 0 aliphatic carbocycles. The predicted molar refractivity (Wildman–Crippen MR) is 70.3 cm³/mol. The molecule has 0 aliphatic rings. The second kappa shape index (κ2) is 7.99. The fourth-order valence-electron chi connectivity index (χ4n) is 1.09. The Kier molecular flexibility index (Phi) is 7.45. The normalized spacial score (nSPS) is 10.4. The third-order valence-corrected chi connectivity index (χ3v) is 2.13. The molecule has 6 heteroatoms. The van der Waals surface area contributed by atoms with Crippen LogP contribution in [-0.4, -0.2) is 42.3 Å². The average molecular weight is 263 g/mol. The molecule has 1 aromatic carbocycles. The third-order valence-electron chi connectivity index (χ3n) is 1.88. The first-order valence-electron chi connectivity index (χ1n) is 4.92. The first-order chi connectivity index (χ1) is 8.04. The Morgan fingerprint density at radius 3 is 2.39 bits per heavy atom. The van der Waals surface area contributed by atoms with Crippen molar-refractivity contribution in [1.29, 1.82) is 0 Å². The van der Waals surface area contributed by atoms with E-state index < -0.39 is 17.5 Å². The van der Waals surface area contributed by atoms with E-state index in [1.54, 1.807) is 19.1 Å². The standard InChI is InChI=1S/C12H11ClO4.Li.H/c1-2-17-12(16)11(15)7-10(14)8-3-5-9(13)6-4-8;;/h3-7,15H,2H2,1H3;;. The van der Waals surface area contributed by atoms with Crippen LogP contribution in [-0.2, 0) is 9.53 Å². The number of rotatable bonds is 4. The van der Waals surface area contributed by atoms with Crippen LogP contribution in [0.5, 0.6) is 0 Å². The van der Waals surface area contributed by atoms with Crippen molar-refractivity contribution in [3.05, 3.63) is 46.7 Å². The van der Waals surface area contributed by atoms with Crippen LogP contribution in [0.3, 0.4) is 0 Å². The van der Waals surface area contributed by atoms with E-state index in [4.69, 9.17) is 11.6 Å². The van der Waals surface area contributed by atoms with E-state index in [2.05, 4.69) is 4.74 Å². The number of hydrogen-bond donors (Lipinski definition) is 1. The Hall–Kier alpha value is -1.21. The fraction of sp³-hybridized carbons (Fsp3) is 0.167. The molecule has 0 amide bonds. The van der Waals surface area contributed by atoms with E-state index in [1.807, 2.05) is 0 Å². The molecular weight excluding hydrogens is 251 g/mol. The average Bonchev–Trinajstić information content (AvgIpc) is 2.30. The number of halogens is 1. The van der Waals surface area contributed by atoms with Gasteiger partial charge in [0.15, 0.2) is 5.78 Å². The Labute approximate surface area is 122 Å². The van der Waals surface area contributed by atoms with Crippen molar-refractivity contribution in [3.8, 4) is 0 Å².